The van der Waals surface area contributed by atoms with Crippen LogP contribution in [0.3, 0.4) is 0 Å². The van der Waals surface area contributed by atoms with Crippen LogP contribution in [0.4, 0.5) is 0 Å². The van der Waals surface area contributed by atoms with Crippen LogP contribution in [0.1, 0.15) is 40.8 Å². The third kappa shape index (κ3) is 5.27. The van der Waals surface area contributed by atoms with Crippen molar-refractivity contribution in [1.82, 2.24) is 5.32 Å². The van der Waals surface area contributed by atoms with E-state index in [4.69, 9.17) is 0 Å². The molecule has 1 aromatic heterocycles. The molecular formula is C18H25NOS. The fourth-order valence-electron chi connectivity index (χ4n) is 2.38. The first-order valence-corrected chi connectivity index (χ1v) is 8.39. The summed E-state index contributed by atoms with van der Waals surface area (Å²) >= 11 is 1.80. The molecule has 2 rings (SSSR count). The van der Waals surface area contributed by atoms with Crippen molar-refractivity contribution in [3.63, 3.8) is 0 Å². The molecule has 1 heterocycles. The number of hydrogen-bond acceptors (Lipinski definition) is 3. The Balaban J connectivity index is 1.81. The Morgan fingerprint density at radius 2 is 1.81 bits per heavy atom. The van der Waals surface area contributed by atoms with Gasteiger partial charge in [0.05, 0.1) is 6.10 Å². The van der Waals surface area contributed by atoms with Gasteiger partial charge in [-0.2, -0.15) is 0 Å². The van der Waals surface area contributed by atoms with Gasteiger partial charge in [0.2, 0.25) is 0 Å². The lowest BCUT2D eigenvalue weighted by Gasteiger charge is -2.13. The summed E-state index contributed by atoms with van der Waals surface area (Å²) in [5, 5.41) is 13.5. The predicted molar refractivity (Wildman–Crippen MR) is 90.7 cm³/mol. The fraction of sp³-hybridized carbons (Fsp3) is 0.444. The molecule has 0 amide bonds. The van der Waals surface area contributed by atoms with E-state index in [9.17, 15) is 5.11 Å². The van der Waals surface area contributed by atoms with Crippen molar-refractivity contribution < 1.29 is 5.11 Å². The first-order valence-electron chi connectivity index (χ1n) is 7.57. The van der Waals surface area contributed by atoms with Crippen molar-refractivity contribution in [2.45, 2.75) is 39.8 Å². The lowest BCUT2D eigenvalue weighted by Crippen LogP contribution is -2.20. The number of aliphatic hydroxyl groups excluding tert-OH is 1. The number of nitrogens with one attached hydrogen (secondary N) is 1. The van der Waals surface area contributed by atoms with Crippen LogP contribution in [0.25, 0.3) is 0 Å². The van der Waals surface area contributed by atoms with E-state index in [2.05, 4.69) is 50.4 Å². The average Bonchev–Trinajstić information content (AvgIpc) is 2.84. The summed E-state index contributed by atoms with van der Waals surface area (Å²) in [4.78, 5) is 2.64. The zero-order chi connectivity index (χ0) is 15.2. The highest BCUT2D eigenvalue weighted by Crippen LogP contribution is 2.17. The molecule has 0 bridgehead atoms. The molecule has 0 aliphatic heterocycles. The Bertz CT molecular complexity index is 545. The van der Waals surface area contributed by atoms with E-state index in [0.29, 0.717) is 12.5 Å². The topological polar surface area (TPSA) is 32.3 Å². The highest BCUT2D eigenvalue weighted by atomic mass is 32.1. The lowest BCUT2D eigenvalue weighted by atomic mass is 10.0. The molecule has 0 saturated carbocycles. The molecule has 0 fully saturated rings. The van der Waals surface area contributed by atoms with Gasteiger partial charge in [0.1, 0.15) is 0 Å². The summed E-state index contributed by atoms with van der Waals surface area (Å²) in [6.45, 7) is 7.96. The van der Waals surface area contributed by atoms with E-state index in [0.717, 1.165) is 18.5 Å². The smallest absolute Gasteiger partial charge is 0.0914 e. The second kappa shape index (κ2) is 7.74. The number of thiophene rings is 1. The summed E-state index contributed by atoms with van der Waals surface area (Å²) in [5.41, 5.74) is 2.32. The minimum Gasteiger partial charge on any atom is -0.387 e. The molecule has 2 aromatic rings. The molecule has 0 aliphatic rings. The third-order valence-electron chi connectivity index (χ3n) is 3.44. The van der Waals surface area contributed by atoms with Gasteiger partial charge in [0, 0.05) is 22.8 Å². The number of aryl methyl sites for hydroxylation is 1. The van der Waals surface area contributed by atoms with Crippen LogP contribution >= 0.6 is 11.3 Å². The quantitative estimate of drug-likeness (QED) is 0.808. The van der Waals surface area contributed by atoms with Crippen LogP contribution in [0.5, 0.6) is 0 Å². The zero-order valence-corrected chi connectivity index (χ0v) is 13.9. The van der Waals surface area contributed by atoms with Gasteiger partial charge in [-0.3, -0.25) is 0 Å². The number of benzene rings is 1. The molecular weight excluding hydrogens is 278 g/mol. The van der Waals surface area contributed by atoms with Gasteiger partial charge in [0.25, 0.3) is 0 Å². The van der Waals surface area contributed by atoms with Crippen molar-refractivity contribution in [2.24, 2.45) is 5.92 Å². The maximum atomic E-state index is 10.2. The fourth-order valence-corrected chi connectivity index (χ4v) is 3.24. The number of rotatable bonds is 7. The monoisotopic (exact) mass is 303 g/mol. The number of hydrogen-bond donors (Lipinski definition) is 2. The third-order valence-corrected chi connectivity index (χ3v) is 4.44. The molecule has 0 aliphatic carbocycles. The molecule has 0 saturated heterocycles. The first kappa shape index (κ1) is 16.2. The highest BCUT2D eigenvalue weighted by Gasteiger charge is 2.07. The Kier molecular flexibility index (Phi) is 5.97. The van der Waals surface area contributed by atoms with Gasteiger partial charge in [-0.1, -0.05) is 38.1 Å². The molecule has 1 unspecified atom stereocenters. The second-order valence-corrected chi connectivity index (χ2v) is 7.37. The molecule has 114 valence electrons. The Morgan fingerprint density at radius 1 is 1.10 bits per heavy atom. The van der Waals surface area contributed by atoms with Gasteiger partial charge >= 0.3 is 0 Å². The largest absolute Gasteiger partial charge is 0.387 e. The van der Waals surface area contributed by atoms with Gasteiger partial charge < -0.3 is 10.4 Å². The van der Waals surface area contributed by atoms with Gasteiger partial charge in [-0.25, -0.2) is 0 Å². The van der Waals surface area contributed by atoms with E-state index in [1.165, 1.54) is 15.3 Å². The molecule has 2 nitrogen and oxygen atoms in total. The Morgan fingerprint density at radius 3 is 2.38 bits per heavy atom. The normalized spacial score (nSPS) is 12.8. The van der Waals surface area contributed by atoms with Crippen molar-refractivity contribution in [3.05, 3.63) is 57.3 Å². The van der Waals surface area contributed by atoms with E-state index in [1.54, 1.807) is 11.3 Å². The zero-order valence-electron chi connectivity index (χ0n) is 13.1. The Labute approximate surface area is 131 Å². The van der Waals surface area contributed by atoms with Gasteiger partial charge in [-0.15, -0.1) is 11.3 Å². The van der Waals surface area contributed by atoms with E-state index in [-0.39, 0.29) is 0 Å². The Hall–Kier alpha value is -1.16. The molecule has 0 radical (unpaired) electrons. The predicted octanol–water partition coefficient (Wildman–Crippen LogP) is 4.08. The number of aliphatic hydroxyl groups is 1. The summed E-state index contributed by atoms with van der Waals surface area (Å²) in [6.07, 6.45) is 0.644. The van der Waals surface area contributed by atoms with E-state index < -0.39 is 6.10 Å². The summed E-state index contributed by atoms with van der Waals surface area (Å²) in [7, 11) is 0. The van der Waals surface area contributed by atoms with Crippen molar-refractivity contribution in [2.75, 3.05) is 6.54 Å². The van der Waals surface area contributed by atoms with Crippen LogP contribution < -0.4 is 5.32 Å². The molecule has 1 atom stereocenters. The van der Waals surface area contributed by atoms with Crippen LogP contribution in [-0.2, 0) is 13.0 Å². The maximum Gasteiger partial charge on any atom is 0.0914 e. The van der Waals surface area contributed by atoms with Crippen LogP contribution in [0.15, 0.2) is 36.4 Å². The van der Waals surface area contributed by atoms with Crippen LogP contribution in [0, 0.1) is 12.8 Å². The second-order valence-electron chi connectivity index (χ2n) is 6.00. The summed E-state index contributed by atoms with van der Waals surface area (Å²) < 4.78 is 0. The van der Waals surface area contributed by atoms with Gasteiger partial charge in [0.15, 0.2) is 0 Å². The highest BCUT2D eigenvalue weighted by molar-refractivity contribution is 7.11. The minimum absolute atomic E-state index is 0.445. The van der Waals surface area contributed by atoms with E-state index >= 15 is 0 Å². The first-order chi connectivity index (χ1) is 10.0. The van der Waals surface area contributed by atoms with E-state index in [1.807, 2.05) is 12.1 Å². The van der Waals surface area contributed by atoms with Crippen molar-refractivity contribution >= 4 is 11.3 Å². The molecule has 1 aromatic carbocycles. The molecule has 21 heavy (non-hydrogen) atoms. The minimum atomic E-state index is -0.445. The maximum absolute atomic E-state index is 10.2. The van der Waals surface area contributed by atoms with Crippen LogP contribution in [0.2, 0.25) is 0 Å². The lowest BCUT2D eigenvalue weighted by molar-refractivity contribution is 0.174. The van der Waals surface area contributed by atoms with Crippen LogP contribution in [-0.4, -0.2) is 11.7 Å². The summed E-state index contributed by atoms with van der Waals surface area (Å²) in [6, 6.07) is 12.6. The van der Waals surface area contributed by atoms with Crippen molar-refractivity contribution in [1.29, 1.82) is 0 Å². The molecule has 0 spiro atoms. The summed E-state index contributed by atoms with van der Waals surface area (Å²) in [5.74, 6) is 0.664. The standard InChI is InChI=1S/C18H25NOS/c1-13(2)10-15-5-7-16(8-6-15)18(20)12-19-11-17-9-4-14(3)21-17/h4-9,13,18-20H,10-12H2,1-3H3. The SMILES string of the molecule is Cc1ccc(CNCC(O)c2ccc(CC(C)C)cc2)s1. The molecule has 2 N–H and O–H groups in total. The average molecular weight is 303 g/mol. The van der Waals surface area contributed by atoms with Crippen molar-refractivity contribution in [3.8, 4) is 0 Å². The molecule has 3 heteroatoms. The van der Waals surface area contributed by atoms with Gasteiger partial charge in [-0.05, 0) is 42.5 Å².